The van der Waals surface area contributed by atoms with Crippen LogP contribution in [0.15, 0.2) is 47.3 Å². The number of thiophene rings is 2. The summed E-state index contributed by atoms with van der Waals surface area (Å²) in [5.74, 6) is -1.93. The van der Waals surface area contributed by atoms with Crippen LogP contribution < -0.4 is 9.47 Å². The van der Waals surface area contributed by atoms with Crippen LogP contribution in [0.5, 0.6) is 11.5 Å². The van der Waals surface area contributed by atoms with Gasteiger partial charge in [0.1, 0.15) is 6.10 Å². The molecule has 0 amide bonds. The van der Waals surface area contributed by atoms with Crippen molar-refractivity contribution in [3.8, 4) is 11.5 Å². The summed E-state index contributed by atoms with van der Waals surface area (Å²) in [6.45, 7) is 4.34. The van der Waals surface area contributed by atoms with E-state index in [0.29, 0.717) is 0 Å². The molecule has 2 atom stereocenters. The molecule has 0 radical (unpaired) electrons. The van der Waals surface area contributed by atoms with Gasteiger partial charge in [-0.3, -0.25) is 14.4 Å². The smallest absolute Gasteiger partial charge is 0.309 e. The molecule has 0 aliphatic carbocycles. The molecular weight excluding hydrogens is 490 g/mol. The van der Waals surface area contributed by atoms with Crippen LogP contribution in [0, 0.1) is 5.92 Å². The standard InChI is InChI=1S/C25H27NO7S2/c1-15(13-18(28)23-24(32-14-31-17(3)27)19(30-4)9-10-26-23)25(29)33-16(2)22(20-7-5-11-34-20)21-8-6-12-35-21/h5-12,15-16,22H,13-14H2,1-4H3/t15-,16+/m1/s1. The number of carbonyl (C=O) groups excluding carboxylic acids is 3. The van der Waals surface area contributed by atoms with Crippen LogP contribution in [0.3, 0.4) is 0 Å². The number of hydrogen-bond donors (Lipinski definition) is 0. The van der Waals surface area contributed by atoms with Gasteiger partial charge in [-0.05, 0) is 29.8 Å². The number of ketones is 1. The summed E-state index contributed by atoms with van der Waals surface area (Å²) in [6.07, 6.45) is 0.843. The van der Waals surface area contributed by atoms with Gasteiger partial charge < -0.3 is 18.9 Å². The average molecular weight is 518 g/mol. The number of ether oxygens (including phenoxy) is 4. The van der Waals surface area contributed by atoms with Crippen molar-refractivity contribution in [1.82, 2.24) is 4.98 Å². The number of rotatable bonds is 12. The number of pyridine rings is 1. The van der Waals surface area contributed by atoms with Gasteiger partial charge in [0.05, 0.1) is 18.9 Å². The van der Waals surface area contributed by atoms with E-state index in [1.165, 1.54) is 26.3 Å². The first-order valence-electron chi connectivity index (χ1n) is 10.9. The average Bonchev–Trinajstić information content (AvgIpc) is 3.54. The SMILES string of the molecule is COc1ccnc(C(=O)C[C@@H](C)C(=O)O[C@@H](C)C(c2cccs2)c2cccs2)c1OCOC(C)=O. The Labute approximate surface area is 211 Å². The second-order valence-corrected chi connectivity index (χ2v) is 9.73. The zero-order valence-electron chi connectivity index (χ0n) is 19.9. The lowest BCUT2D eigenvalue weighted by Gasteiger charge is -2.24. The molecule has 0 N–H and O–H groups in total. The van der Waals surface area contributed by atoms with Crippen molar-refractivity contribution < 1.29 is 33.3 Å². The third kappa shape index (κ3) is 6.89. The fourth-order valence-electron chi connectivity index (χ4n) is 3.47. The van der Waals surface area contributed by atoms with Crippen LogP contribution in [0.4, 0.5) is 0 Å². The molecule has 8 nitrogen and oxygen atoms in total. The maximum absolute atomic E-state index is 13.0. The van der Waals surface area contributed by atoms with Gasteiger partial charge in [0.2, 0.25) is 6.79 Å². The fraction of sp³-hybridized carbons (Fsp3) is 0.360. The van der Waals surface area contributed by atoms with Gasteiger partial charge in [0, 0.05) is 35.4 Å². The highest BCUT2D eigenvalue weighted by Crippen LogP contribution is 2.36. The van der Waals surface area contributed by atoms with Crippen molar-refractivity contribution >= 4 is 40.4 Å². The number of Topliss-reactive ketones (excluding diaryl/α,β-unsaturated/α-hetero) is 1. The lowest BCUT2D eigenvalue weighted by molar-refractivity contribution is -0.153. The lowest BCUT2D eigenvalue weighted by atomic mass is 9.98. The highest BCUT2D eigenvalue weighted by atomic mass is 32.1. The number of methoxy groups -OCH3 is 1. The van der Waals surface area contributed by atoms with E-state index in [2.05, 4.69) is 4.98 Å². The zero-order chi connectivity index (χ0) is 25.4. The number of hydrogen-bond acceptors (Lipinski definition) is 10. The van der Waals surface area contributed by atoms with Crippen LogP contribution in [0.1, 0.15) is 53.4 Å². The first-order valence-corrected chi connectivity index (χ1v) is 12.7. The van der Waals surface area contributed by atoms with Gasteiger partial charge in [-0.25, -0.2) is 4.98 Å². The molecule has 0 fully saturated rings. The summed E-state index contributed by atoms with van der Waals surface area (Å²) >= 11 is 3.22. The predicted molar refractivity (Wildman–Crippen MR) is 132 cm³/mol. The van der Waals surface area contributed by atoms with Gasteiger partial charge in [-0.1, -0.05) is 19.1 Å². The summed E-state index contributed by atoms with van der Waals surface area (Å²) in [7, 11) is 1.42. The molecule has 3 rings (SSSR count). The Morgan fingerprint density at radius 1 is 1.03 bits per heavy atom. The molecule has 186 valence electrons. The van der Waals surface area contributed by atoms with Crippen LogP contribution in [0.25, 0.3) is 0 Å². The Kier molecular flexibility index (Phi) is 9.39. The zero-order valence-corrected chi connectivity index (χ0v) is 21.5. The molecule has 3 aromatic rings. The Balaban J connectivity index is 1.69. The number of carbonyl (C=O) groups is 3. The van der Waals surface area contributed by atoms with E-state index in [4.69, 9.17) is 18.9 Å². The van der Waals surface area contributed by atoms with E-state index in [-0.39, 0.29) is 29.5 Å². The first-order chi connectivity index (χ1) is 16.8. The highest BCUT2D eigenvalue weighted by molar-refractivity contribution is 7.11. The third-order valence-electron chi connectivity index (χ3n) is 5.18. The van der Waals surface area contributed by atoms with Crippen molar-refractivity contribution in [2.75, 3.05) is 13.9 Å². The second kappa shape index (κ2) is 12.5. The van der Waals surface area contributed by atoms with Gasteiger partial charge >= 0.3 is 11.9 Å². The Morgan fingerprint density at radius 3 is 2.23 bits per heavy atom. The molecule has 10 heteroatoms. The molecule has 3 aromatic heterocycles. The quantitative estimate of drug-likeness (QED) is 0.186. The van der Waals surface area contributed by atoms with E-state index < -0.39 is 36.5 Å². The number of esters is 2. The van der Waals surface area contributed by atoms with E-state index >= 15 is 0 Å². The minimum absolute atomic E-state index is 0.0146. The second-order valence-electron chi connectivity index (χ2n) is 7.77. The van der Waals surface area contributed by atoms with Gasteiger partial charge in [0.25, 0.3) is 0 Å². The van der Waals surface area contributed by atoms with Crippen molar-refractivity contribution in [2.24, 2.45) is 5.92 Å². The summed E-state index contributed by atoms with van der Waals surface area (Å²) in [6, 6.07) is 9.52. The summed E-state index contributed by atoms with van der Waals surface area (Å²) in [5, 5.41) is 3.99. The van der Waals surface area contributed by atoms with E-state index in [1.807, 2.05) is 41.9 Å². The molecular formula is C25H27NO7S2. The maximum Gasteiger partial charge on any atom is 0.309 e. The molecule has 0 bridgehead atoms. The van der Waals surface area contributed by atoms with Gasteiger partial charge in [0.15, 0.2) is 23.0 Å². The molecule has 0 aromatic carbocycles. The monoisotopic (exact) mass is 517 g/mol. The van der Waals surface area contributed by atoms with E-state index in [9.17, 15) is 14.4 Å². The van der Waals surface area contributed by atoms with E-state index in [0.717, 1.165) is 9.75 Å². The minimum Gasteiger partial charge on any atom is -0.493 e. The van der Waals surface area contributed by atoms with Crippen LogP contribution in [-0.4, -0.2) is 42.7 Å². The molecule has 0 spiro atoms. The topological polar surface area (TPSA) is 101 Å². The first kappa shape index (κ1) is 26.4. The minimum atomic E-state index is -0.716. The van der Waals surface area contributed by atoms with Gasteiger partial charge in [-0.15, -0.1) is 22.7 Å². The lowest BCUT2D eigenvalue weighted by Crippen LogP contribution is -2.27. The molecule has 0 saturated heterocycles. The third-order valence-corrected chi connectivity index (χ3v) is 7.09. The van der Waals surface area contributed by atoms with Crippen molar-refractivity contribution in [3.05, 3.63) is 62.7 Å². The van der Waals surface area contributed by atoms with Crippen molar-refractivity contribution in [3.63, 3.8) is 0 Å². The predicted octanol–water partition coefficient (Wildman–Crippen LogP) is 5.09. The maximum atomic E-state index is 13.0. The van der Waals surface area contributed by atoms with Crippen LogP contribution in [0.2, 0.25) is 0 Å². The Bertz CT molecular complexity index is 1090. The Hall–Kier alpha value is -3.24. The number of nitrogens with zero attached hydrogens (tertiary/aromatic N) is 1. The number of aromatic nitrogens is 1. The van der Waals surface area contributed by atoms with Crippen molar-refractivity contribution in [2.45, 2.75) is 39.2 Å². The van der Waals surface area contributed by atoms with Crippen LogP contribution in [-0.2, 0) is 19.1 Å². The summed E-state index contributed by atoms with van der Waals surface area (Å²) in [5.41, 5.74) is -0.0146. The summed E-state index contributed by atoms with van der Waals surface area (Å²) in [4.78, 5) is 43.3. The fourth-order valence-corrected chi connectivity index (χ4v) is 5.41. The normalized spacial score (nSPS) is 12.6. The molecule has 35 heavy (non-hydrogen) atoms. The van der Waals surface area contributed by atoms with Gasteiger partial charge in [-0.2, -0.15) is 0 Å². The highest BCUT2D eigenvalue weighted by Gasteiger charge is 2.30. The van der Waals surface area contributed by atoms with Crippen molar-refractivity contribution in [1.29, 1.82) is 0 Å². The Morgan fingerprint density at radius 2 is 1.69 bits per heavy atom. The van der Waals surface area contributed by atoms with Crippen LogP contribution >= 0.6 is 22.7 Å². The molecule has 0 unspecified atom stereocenters. The molecule has 0 aliphatic heterocycles. The molecule has 0 saturated carbocycles. The molecule has 0 aliphatic rings. The largest absolute Gasteiger partial charge is 0.493 e. The summed E-state index contributed by atoms with van der Waals surface area (Å²) < 4.78 is 21.3. The molecule has 3 heterocycles. The van der Waals surface area contributed by atoms with E-state index in [1.54, 1.807) is 29.6 Å².